The molecule has 1 aromatic heterocycles. The molecule has 156 valence electrons. The molecule has 3 N–H and O–H groups in total. The van der Waals surface area contributed by atoms with Gasteiger partial charge in [0.2, 0.25) is 5.91 Å². The average molecular weight is 400 g/mol. The lowest BCUT2D eigenvalue weighted by Crippen LogP contribution is -2.41. The predicted molar refractivity (Wildman–Crippen MR) is 111 cm³/mol. The third-order valence-electron chi connectivity index (χ3n) is 4.16. The van der Waals surface area contributed by atoms with Crippen LogP contribution >= 0.6 is 0 Å². The van der Waals surface area contributed by atoms with Crippen LogP contribution < -0.4 is 15.8 Å². The van der Waals surface area contributed by atoms with Gasteiger partial charge < -0.3 is 20.5 Å². The van der Waals surface area contributed by atoms with Crippen LogP contribution in [0.15, 0.2) is 30.6 Å². The highest BCUT2D eigenvalue weighted by Gasteiger charge is 2.30. The van der Waals surface area contributed by atoms with Crippen LogP contribution in [-0.4, -0.2) is 34.2 Å². The van der Waals surface area contributed by atoms with E-state index in [0.717, 1.165) is 11.1 Å². The van der Waals surface area contributed by atoms with Gasteiger partial charge in [0.25, 0.3) is 0 Å². The summed E-state index contributed by atoms with van der Waals surface area (Å²) in [6, 6.07) is 7.35. The second kappa shape index (κ2) is 9.36. The molecule has 0 aliphatic heterocycles. The number of nitrogens with two attached hydrogens (primary N) is 1. The van der Waals surface area contributed by atoms with Gasteiger partial charge in [0.15, 0.2) is 0 Å². The zero-order valence-electron chi connectivity index (χ0n) is 17.5. The van der Waals surface area contributed by atoms with E-state index in [2.05, 4.69) is 15.3 Å². The fraction of sp³-hybridized carbons (Fsp3) is 0.429. The first-order valence-electron chi connectivity index (χ1n) is 9.40. The molecule has 0 aliphatic rings. The average Bonchev–Trinajstić information content (AvgIpc) is 2.59. The molecule has 29 heavy (non-hydrogen) atoms. The Bertz CT molecular complexity index is 885. The molecular formula is C21H28N4O4. The Morgan fingerprint density at radius 3 is 2.55 bits per heavy atom. The van der Waals surface area contributed by atoms with E-state index in [4.69, 9.17) is 15.2 Å². The molecule has 2 aromatic rings. The molecule has 1 aromatic carbocycles. The smallest absolute Gasteiger partial charge is 0.405 e. The van der Waals surface area contributed by atoms with Gasteiger partial charge in [-0.3, -0.25) is 4.79 Å². The lowest BCUT2D eigenvalue weighted by Gasteiger charge is -2.30. The molecule has 0 fully saturated rings. The Kier molecular flexibility index (Phi) is 7.14. The second-order valence-electron chi connectivity index (χ2n) is 7.71. The van der Waals surface area contributed by atoms with Gasteiger partial charge >= 0.3 is 6.09 Å². The summed E-state index contributed by atoms with van der Waals surface area (Å²) in [6.45, 7) is 9.43. The number of ether oxygens (including phenoxy) is 2. The summed E-state index contributed by atoms with van der Waals surface area (Å²) in [7, 11) is 0. The van der Waals surface area contributed by atoms with Gasteiger partial charge in [0, 0.05) is 18.6 Å². The maximum Gasteiger partial charge on any atom is 0.405 e. The van der Waals surface area contributed by atoms with Crippen molar-refractivity contribution in [1.29, 1.82) is 0 Å². The van der Waals surface area contributed by atoms with E-state index in [-0.39, 0.29) is 12.5 Å². The van der Waals surface area contributed by atoms with Crippen molar-refractivity contribution in [2.24, 2.45) is 11.7 Å². The maximum absolute atomic E-state index is 11.3. The van der Waals surface area contributed by atoms with Crippen LogP contribution in [-0.2, 0) is 9.53 Å². The molecule has 1 heterocycles. The first-order valence-corrected chi connectivity index (χ1v) is 9.40. The zero-order chi connectivity index (χ0) is 21.6. The van der Waals surface area contributed by atoms with E-state index < -0.39 is 11.7 Å². The van der Waals surface area contributed by atoms with E-state index in [1.807, 2.05) is 45.9 Å². The van der Waals surface area contributed by atoms with Crippen molar-refractivity contribution in [3.63, 3.8) is 0 Å². The van der Waals surface area contributed by atoms with Gasteiger partial charge in [-0.25, -0.2) is 14.8 Å². The SMILES string of the molecule is CC(=O)Nc1cc(-c2ccc(OC[C@](C)(CC(C)C)OC(N)=O)c(C)c2)ncn1. The Morgan fingerprint density at radius 1 is 1.24 bits per heavy atom. The Hall–Kier alpha value is -3.16. The highest BCUT2D eigenvalue weighted by atomic mass is 16.6. The molecule has 2 amide bonds. The predicted octanol–water partition coefficient (Wildman–Crippen LogP) is 3.69. The van der Waals surface area contributed by atoms with Crippen LogP contribution in [0.2, 0.25) is 0 Å². The third-order valence-corrected chi connectivity index (χ3v) is 4.16. The number of aryl methyl sites for hydroxylation is 1. The zero-order valence-corrected chi connectivity index (χ0v) is 17.5. The monoisotopic (exact) mass is 400 g/mol. The summed E-state index contributed by atoms with van der Waals surface area (Å²) < 4.78 is 11.3. The lowest BCUT2D eigenvalue weighted by molar-refractivity contribution is -0.114. The lowest BCUT2D eigenvalue weighted by atomic mass is 9.95. The minimum Gasteiger partial charge on any atom is -0.489 e. The number of benzene rings is 1. The Morgan fingerprint density at radius 2 is 1.97 bits per heavy atom. The van der Waals surface area contributed by atoms with Crippen molar-refractivity contribution >= 4 is 17.8 Å². The quantitative estimate of drug-likeness (QED) is 0.698. The molecule has 0 bridgehead atoms. The van der Waals surface area contributed by atoms with Crippen LogP contribution in [0, 0.1) is 12.8 Å². The minimum atomic E-state index is -0.817. The number of hydrogen-bond donors (Lipinski definition) is 2. The van der Waals surface area contributed by atoms with Gasteiger partial charge in [-0.15, -0.1) is 0 Å². The highest BCUT2D eigenvalue weighted by Crippen LogP contribution is 2.28. The minimum absolute atomic E-state index is 0.189. The highest BCUT2D eigenvalue weighted by molar-refractivity contribution is 5.88. The number of hydrogen-bond acceptors (Lipinski definition) is 6. The van der Waals surface area contributed by atoms with Crippen molar-refractivity contribution in [1.82, 2.24) is 9.97 Å². The van der Waals surface area contributed by atoms with E-state index >= 15 is 0 Å². The molecule has 8 heteroatoms. The normalized spacial score (nSPS) is 12.9. The van der Waals surface area contributed by atoms with Crippen molar-refractivity contribution < 1.29 is 19.1 Å². The molecular weight excluding hydrogens is 372 g/mol. The number of primary amides is 1. The Balaban J connectivity index is 2.17. The molecule has 0 saturated heterocycles. The van der Waals surface area contributed by atoms with Gasteiger partial charge in [-0.2, -0.15) is 0 Å². The number of rotatable bonds is 8. The summed E-state index contributed by atoms with van der Waals surface area (Å²) in [6.07, 6.45) is 1.21. The van der Waals surface area contributed by atoms with Gasteiger partial charge in [0.1, 0.15) is 30.1 Å². The van der Waals surface area contributed by atoms with Crippen LogP contribution in [0.3, 0.4) is 0 Å². The molecule has 0 spiro atoms. The fourth-order valence-electron chi connectivity index (χ4n) is 3.20. The maximum atomic E-state index is 11.3. The molecule has 0 saturated carbocycles. The van der Waals surface area contributed by atoms with Crippen LogP contribution in [0.5, 0.6) is 5.75 Å². The fourth-order valence-corrected chi connectivity index (χ4v) is 3.20. The van der Waals surface area contributed by atoms with Gasteiger partial charge in [-0.05, 0) is 49.9 Å². The number of anilines is 1. The molecule has 8 nitrogen and oxygen atoms in total. The Labute approximate surface area is 170 Å². The van der Waals surface area contributed by atoms with Crippen LogP contribution in [0.25, 0.3) is 11.3 Å². The third kappa shape index (κ3) is 6.74. The van der Waals surface area contributed by atoms with Crippen molar-refractivity contribution in [2.75, 3.05) is 11.9 Å². The van der Waals surface area contributed by atoms with Crippen molar-refractivity contribution in [3.8, 4) is 17.0 Å². The second-order valence-corrected chi connectivity index (χ2v) is 7.71. The summed E-state index contributed by atoms with van der Waals surface area (Å²) in [5, 5.41) is 2.64. The molecule has 0 aliphatic carbocycles. The number of carbonyl (C=O) groups excluding carboxylic acids is 2. The summed E-state index contributed by atoms with van der Waals surface area (Å²) in [5.41, 5.74) is 6.85. The largest absolute Gasteiger partial charge is 0.489 e. The number of amides is 2. The van der Waals surface area contributed by atoms with Crippen LogP contribution in [0.4, 0.5) is 10.6 Å². The van der Waals surface area contributed by atoms with E-state index in [1.165, 1.54) is 13.3 Å². The van der Waals surface area contributed by atoms with Gasteiger partial charge in [-0.1, -0.05) is 13.8 Å². The first kappa shape index (κ1) is 22.1. The summed E-state index contributed by atoms with van der Waals surface area (Å²) >= 11 is 0. The van der Waals surface area contributed by atoms with E-state index in [9.17, 15) is 9.59 Å². The number of nitrogens with one attached hydrogen (secondary N) is 1. The standard InChI is InChI=1S/C21H28N4O4/c1-13(2)10-21(5,29-20(22)27)11-28-18-7-6-16(8-14(18)3)17-9-19(24-12-23-17)25-15(4)26/h6-9,12-13H,10-11H2,1-5H3,(H2,22,27)(H,23,24,25,26)/t21-/m0/s1. The summed E-state index contributed by atoms with van der Waals surface area (Å²) in [4.78, 5) is 30.8. The van der Waals surface area contributed by atoms with Gasteiger partial charge in [0.05, 0.1) is 5.69 Å². The van der Waals surface area contributed by atoms with Crippen LogP contribution in [0.1, 0.15) is 39.7 Å². The van der Waals surface area contributed by atoms with E-state index in [0.29, 0.717) is 29.6 Å². The molecule has 0 unspecified atom stereocenters. The first-order chi connectivity index (χ1) is 13.6. The van der Waals surface area contributed by atoms with Crippen molar-refractivity contribution in [3.05, 3.63) is 36.2 Å². The number of aromatic nitrogens is 2. The molecule has 0 radical (unpaired) electrons. The molecule has 1 atom stereocenters. The van der Waals surface area contributed by atoms with Crippen molar-refractivity contribution in [2.45, 2.75) is 46.6 Å². The topological polar surface area (TPSA) is 116 Å². The summed E-state index contributed by atoms with van der Waals surface area (Å²) in [5.74, 6) is 1.22. The number of carbonyl (C=O) groups is 2. The molecule has 2 rings (SSSR count). The number of nitrogens with zero attached hydrogens (tertiary/aromatic N) is 2. The van der Waals surface area contributed by atoms with E-state index in [1.54, 1.807) is 6.07 Å².